The number of esters is 1. The first-order valence-electron chi connectivity index (χ1n) is 6.96. The van der Waals surface area contributed by atoms with Crippen LogP contribution in [0.1, 0.15) is 35.1 Å². The number of hydrogen-bond donors (Lipinski definition) is 1. The fourth-order valence-electron chi connectivity index (χ4n) is 2.19. The number of ether oxygens (including phenoxy) is 3. The minimum Gasteiger partial charge on any atom is -0.456 e. The molecule has 1 N–H and O–H groups in total. The van der Waals surface area contributed by atoms with E-state index in [1.165, 1.54) is 0 Å². The van der Waals surface area contributed by atoms with Crippen molar-refractivity contribution in [2.45, 2.75) is 26.4 Å². The summed E-state index contributed by atoms with van der Waals surface area (Å²) < 4.78 is 15.7. The lowest BCUT2D eigenvalue weighted by Gasteiger charge is -2.05. The highest BCUT2D eigenvalue weighted by Crippen LogP contribution is 2.39. The van der Waals surface area contributed by atoms with Gasteiger partial charge in [0.25, 0.3) is 0 Å². The zero-order valence-corrected chi connectivity index (χ0v) is 12.8. The maximum Gasteiger partial charge on any atom is 0.359 e. The molecule has 2 aromatic rings. The van der Waals surface area contributed by atoms with Crippen molar-refractivity contribution >= 4 is 17.6 Å². The number of aryl methyl sites for hydroxylation is 1. The van der Waals surface area contributed by atoms with Crippen molar-refractivity contribution in [3.63, 3.8) is 0 Å². The minimum atomic E-state index is -0.479. The summed E-state index contributed by atoms with van der Waals surface area (Å²) in [6.07, 6.45) is 1.82. The second-order valence-electron chi connectivity index (χ2n) is 4.92. The van der Waals surface area contributed by atoms with Gasteiger partial charge in [-0.05, 0) is 30.2 Å². The topological polar surface area (TPSA) is 73.4 Å². The molecule has 0 atom stereocenters. The third-order valence-corrected chi connectivity index (χ3v) is 3.50. The van der Waals surface area contributed by atoms with Crippen LogP contribution in [-0.4, -0.2) is 23.0 Å². The number of carbonyl (C=O) groups excluding carboxylic acids is 1. The van der Waals surface area contributed by atoms with Crippen LogP contribution in [0.15, 0.2) is 18.2 Å². The highest BCUT2D eigenvalue weighted by Gasteiger charge is 2.19. The molecule has 0 aliphatic carbocycles. The van der Waals surface area contributed by atoms with Crippen LogP contribution in [0.2, 0.25) is 5.02 Å². The highest BCUT2D eigenvalue weighted by molar-refractivity contribution is 6.32. The molecule has 6 nitrogen and oxygen atoms in total. The van der Waals surface area contributed by atoms with Crippen molar-refractivity contribution in [2.75, 3.05) is 6.79 Å². The van der Waals surface area contributed by atoms with E-state index in [1.54, 1.807) is 18.2 Å². The number of hydrogen-bond acceptors (Lipinski definition) is 5. The molecule has 0 fully saturated rings. The van der Waals surface area contributed by atoms with Gasteiger partial charge in [-0.25, -0.2) is 4.79 Å². The van der Waals surface area contributed by atoms with Crippen LogP contribution in [0.4, 0.5) is 0 Å². The minimum absolute atomic E-state index is 0.0885. The normalized spacial score (nSPS) is 12.5. The smallest absolute Gasteiger partial charge is 0.359 e. The highest BCUT2D eigenvalue weighted by atomic mass is 35.5. The summed E-state index contributed by atoms with van der Waals surface area (Å²) in [4.78, 5) is 12.0. The van der Waals surface area contributed by atoms with E-state index in [0.717, 1.165) is 24.1 Å². The van der Waals surface area contributed by atoms with Gasteiger partial charge in [0.15, 0.2) is 17.2 Å². The van der Waals surface area contributed by atoms with Crippen LogP contribution >= 0.6 is 11.6 Å². The van der Waals surface area contributed by atoms with E-state index in [9.17, 15) is 4.79 Å². The van der Waals surface area contributed by atoms with E-state index in [1.807, 2.05) is 0 Å². The SMILES string of the molecule is CCCc1cc(C(=O)OCc2cc(Cl)c3c(c2)OCO3)n[nH]1. The van der Waals surface area contributed by atoms with Crippen molar-refractivity contribution in [3.05, 3.63) is 40.2 Å². The van der Waals surface area contributed by atoms with Crippen molar-refractivity contribution in [1.29, 1.82) is 0 Å². The third kappa shape index (κ3) is 3.01. The Balaban J connectivity index is 1.64. The van der Waals surface area contributed by atoms with Crippen LogP contribution in [-0.2, 0) is 17.8 Å². The summed E-state index contributed by atoms with van der Waals surface area (Å²) >= 11 is 6.08. The molecule has 3 rings (SSSR count). The lowest BCUT2D eigenvalue weighted by atomic mass is 10.2. The lowest BCUT2D eigenvalue weighted by Crippen LogP contribution is -2.05. The molecule has 7 heteroatoms. The van der Waals surface area contributed by atoms with E-state index in [0.29, 0.717) is 16.5 Å². The third-order valence-electron chi connectivity index (χ3n) is 3.22. The fourth-order valence-corrected chi connectivity index (χ4v) is 2.48. The predicted molar refractivity (Wildman–Crippen MR) is 79.3 cm³/mol. The van der Waals surface area contributed by atoms with Gasteiger partial charge in [0.2, 0.25) is 6.79 Å². The molecular weight excluding hydrogens is 308 g/mol. The molecule has 116 valence electrons. The van der Waals surface area contributed by atoms with Gasteiger partial charge < -0.3 is 14.2 Å². The monoisotopic (exact) mass is 322 g/mol. The van der Waals surface area contributed by atoms with E-state index >= 15 is 0 Å². The van der Waals surface area contributed by atoms with Crippen molar-refractivity contribution in [3.8, 4) is 11.5 Å². The summed E-state index contributed by atoms with van der Waals surface area (Å²) in [6.45, 7) is 2.29. The Morgan fingerprint density at radius 1 is 1.41 bits per heavy atom. The molecular formula is C15H15ClN2O4. The lowest BCUT2D eigenvalue weighted by molar-refractivity contribution is 0.0465. The molecule has 0 radical (unpaired) electrons. The maximum absolute atomic E-state index is 12.0. The summed E-state index contributed by atoms with van der Waals surface area (Å²) in [5.41, 5.74) is 1.92. The average molecular weight is 323 g/mol. The van der Waals surface area contributed by atoms with Gasteiger partial charge in [-0.2, -0.15) is 5.10 Å². The zero-order chi connectivity index (χ0) is 15.5. The molecule has 0 bridgehead atoms. The molecule has 0 saturated heterocycles. The number of fused-ring (bicyclic) bond motifs is 1. The van der Waals surface area contributed by atoms with Crippen molar-refractivity contribution in [1.82, 2.24) is 10.2 Å². The first kappa shape index (κ1) is 14.7. The summed E-state index contributed by atoms with van der Waals surface area (Å²) in [6, 6.07) is 5.14. The van der Waals surface area contributed by atoms with E-state index in [2.05, 4.69) is 17.1 Å². The predicted octanol–water partition coefficient (Wildman–Crippen LogP) is 3.10. The Kier molecular flexibility index (Phi) is 4.20. The Morgan fingerprint density at radius 3 is 3.09 bits per heavy atom. The Bertz CT molecular complexity index is 699. The molecule has 2 heterocycles. The Labute approximate surface area is 132 Å². The summed E-state index contributed by atoms with van der Waals surface area (Å²) in [5.74, 6) is 0.601. The number of rotatable bonds is 5. The Morgan fingerprint density at radius 2 is 2.27 bits per heavy atom. The number of halogens is 1. The summed E-state index contributed by atoms with van der Waals surface area (Å²) in [7, 11) is 0. The molecule has 22 heavy (non-hydrogen) atoms. The number of H-pyrrole nitrogens is 1. The fraction of sp³-hybridized carbons (Fsp3) is 0.333. The zero-order valence-electron chi connectivity index (χ0n) is 12.0. The number of benzene rings is 1. The average Bonchev–Trinajstić information content (AvgIpc) is 3.14. The second-order valence-corrected chi connectivity index (χ2v) is 5.32. The summed E-state index contributed by atoms with van der Waals surface area (Å²) in [5, 5.41) is 7.21. The molecule has 1 aliphatic rings. The van der Waals surface area contributed by atoms with E-state index < -0.39 is 5.97 Å². The van der Waals surface area contributed by atoms with Crippen LogP contribution < -0.4 is 9.47 Å². The van der Waals surface area contributed by atoms with Crippen molar-refractivity contribution in [2.24, 2.45) is 0 Å². The number of carbonyl (C=O) groups is 1. The number of nitrogens with zero attached hydrogens (tertiary/aromatic N) is 1. The van der Waals surface area contributed by atoms with Gasteiger partial charge in [0.1, 0.15) is 6.61 Å². The van der Waals surface area contributed by atoms with Crippen LogP contribution in [0.25, 0.3) is 0 Å². The first-order valence-corrected chi connectivity index (χ1v) is 7.34. The largest absolute Gasteiger partial charge is 0.456 e. The van der Waals surface area contributed by atoms with Crippen LogP contribution in [0.5, 0.6) is 11.5 Å². The van der Waals surface area contributed by atoms with E-state index in [4.69, 9.17) is 25.8 Å². The molecule has 1 aromatic carbocycles. The molecule has 0 amide bonds. The maximum atomic E-state index is 12.0. The van der Waals surface area contributed by atoms with Gasteiger partial charge in [0, 0.05) is 5.69 Å². The van der Waals surface area contributed by atoms with Gasteiger partial charge in [-0.3, -0.25) is 5.10 Å². The molecule has 0 saturated carbocycles. The first-order chi connectivity index (χ1) is 10.7. The molecule has 1 aliphatic heterocycles. The quantitative estimate of drug-likeness (QED) is 0.856. The molecule has 1 aromatic heterocycles. The number of nitrogens with one attached hydrogen (secondary N) is 1. The van der Waals surface area contributed by atoms with Crippen LogP contribution in [0, 0.1) is 0 Å². The van der Waals surface area contributed by atoms with E-state index in [-0.39, 0.29) is 19.1 Å². The number of aromatic nitrogens is 2. The van der Waals surface area contributed by atoms with Crippen LogP contribution in [0.3, 0.4) is 0 Å². The Hall–Kier alpha value is -2.21. The molecule has 0 unspecified atom stereocenters. The molecule has 0 spiro atoms. The standard InChI is InChI=1S/C15H15ClN2O4/c1-2-3-10-6-12(18-17-10)15(19)20-7-9-4-11(16)14-13(5-9)21-8-22-14/h4-6H,2-3,7-8H2,1H3,(H,17,18). The second kappa shape index (κ2) is 6.27. The van der Waals surface area contributed by atoms with Gasteiger partial charge in [-0.15, -0.1) is 0 Å². The van der Waals surface area contributed by atoms with Gasteiger partial charge >= 0.3 is 5.97 Å². The van der Waals surface area contributed by atoms with Gasteiger partial charge in [-0.1, -0.05) is 24.9 Å². The van der Waals surface area contributed by atoms with Crippen molar-refractivity contribution < 1.29 is 19.0 Å². The van der Waals surface area contributed by atoms with Gasteiger partial charge in [0.05, 0.1) is 5.02 Å². The number of aromatic amines is 1.